The van der Waals surface area contributed by atoms with Gasteiger partial charge in [-0.1, -0.05) is 0 Å². The minimum atomic E-state index is -7.36. The van der Waals surface area contributed by atoms with Gasteiger partial charge >= 0.3 is 35.6 Å². The van der Waals surface area contributed by atoms with Crippen LogP contribution in [0.4, 0.5) is 48.3 Å². The SMILES string of the molecule is CC(C)(SOO[O-])C(=O)OCC1(F)C(F)(F)C(F)(F)C(F)(F)C(F)(F)C1(F)F. The molecule has 0 heterocycles. The van der Waals surface area contributed by atoms with E-state index in [9.17, 15) is 58.3 Å². The van der Waals surface area contributed by atoms with Crippen molar-refractivity contribution in [2.45, 2.75) is 53.9 Å². The molecule has 0 saturated heterocycles. The van der Waals surface area contributed by atoms with Crippen molar-refractivity contribution in [2.75, 3.05) is 6.61 Å². The number of carbonyl (C=O) groups is 1. The summed E-state index contributed by atoms with van der Waals surface area (Å²) in [5.74, 6) is -38.2. The maximum atomic E-state index is 14.3. The first-order valence-corrected chi connectivity index (χ1v) is 7.32. The Bertz CT molecular complexity index is 594. The molecule has 1 rings (SSSR count). The predicted molar refractivity (Wildman–Crippen MR) is 63.4 cm³/mol. The minimum Gasteiger partial charge on any atom is -0.691 e. The van der Waals surface area contributed by atoms with Gasteiger partial charge in [-0.25, -0.2) is 4.39 Å². The number of rotatable bonds is 6. The highest BCUT2D eigenvalue weighted by Crippen LogP contribution is 2.69. The molecule has 0 aromatic rings. The summed E-state index contributed by atoms with van der Waals surface area (Å²) < 4.78 is 153. The van der Waals surface area contributed by atoms with Gasteiger partial charge in [0.15, 0.2) is 0 Å². The monoisotopic (exact) mass is 461 g/mol. The van der Waals surface area contributed by atoms with E-state index in [-0.39, 0.29) is 12.0 Å². The van der Waals surface area contributed by atoms with Gasteiger partial charge in [-0.3, -0.25) is 9.83 Å². The van der Waals surface area contributed by atoms with E-state index >= 15 is 0 Å². The van der Waals surface area contributed by atoms with Crippen molar-refractivity contribution in [1.82, 2.24) is 0 Å². The third kappa shape index (κ3) is 2.92. The van der Waals surface area contributed by atoms with E-state index in [4.69, 9.17) is 0 Å². The summed E-state index contributed by atoms with van der Waals surface area (Å²) in [6, 6.07) is 0. The zero-order valence-corrected chi connectivity index (χ0v) is 14.1. The summed E-state index contributed by atoms with van der Waals surface area (Å²) in [6.45, 7) is -1.70. The van der Waals surface area contributed by atoms with Gasteiger partial charge in [0, 0.05) is 12.0 Å². The summed E-state index contributed by atoms with van der Waals surface area (Å²) in [6.07, 6.45) is 0. The van der Waals surface area contributed by atoms with E-state index in [0.29, 0.717) is 0 Å². The largest absolute Gasteiger partial charge is 0.691 e. The molecule has 0 aliphatic heterocycles. The highest BCUT2D eigenvalue weighted by Gasteiger charge is 3.01. The molecule has 0 unspecified atom stereocenters. The molecule has 0 amide bonds. The first kappa shape index (κ1) is 25.0. The number of alkyl halides is 11. The van der Waals surface area contributed by atoms with Gasteiger partial charge in [-0.2, -0.15) is 48.2 Å². The lowest BCUT2D eigenvalue weighted by atomic mass is 9.72. The average molecular weight is 461 g/mol. The van der Waals surface area contributed by atoms with Crippen LogP contribution in [0.5, 0.6) is 0 Å². The van der Waals surface area contributed by atoms with E-state index in [1.165, 1.54) is 0 Å². The van der Waals surface area contributed by atoms with Crippen molar-refractivity contribution in [3.05, 3.63) is 0 Å². The fourth-order valence-electron chi connectivity index (χ4n) is 1.94. The lowest BCUT2D eigenvalue weighted by molar-refractivity contribution is -0.777. The summed E-state index contributed by atoms with van der Waals surface area (Å²) in [5, 5.41) is 12.4. The van der Waals surface area contributed by atoms with Crippen LogP contribution in [-0.4, -0.2) is 52.6 Å². The second kappa shape index (κ2) is 6.73. The molecule has 5 nitrogen and oxygen atoms in total. The molecular weight excluding hydrogens is 453 g/mol. The molecule has 1 aliphatic carbocycles. The molecule has 0 radical (unpaired) electrons. The standard InChI is InChI=1S/C11H9F11O5S/c1-5(2,28-27-26-24)4(23)25-3-6(12)7(13,14)9(17,18)11(21,22)10(19,20)8(6,15)16/h24H,3H2,1-2H3/p-1. The van der Waals surface area contributed by atoms with Crippen LogP contribution in [0.2, 0.25) is 0 Å². The number of carbonyl (C=O) groups excluding carboxylic acids is 1. The molecule has 0 N–H and O–H groups in total. The average Bonchev–Trinajstić information content (AvgIpc) is 2.55. The molecular formula is C11H8F11O5S-. The van der Waals surface area contributed by atoms with Crippen LogP contribution in [0, 0.1) is 0 Å². The number of halogens is 11. The Kier molecular flexibility index (Phi) is 6.00. The Labute approximate surface area is 152 Å². The molecule has 1 fully saturated rings. The maximum Gasteiger partial charge on any atom is 0.384 e. The molecule has 0 spiro atoms. The first-order valence-electron chi connectivity index (χ1n) is 6.58. The fraction of sp³-hybridized carbons (Fsp3) is 0.909. The Morgan fingerprint density at radius 1 is 0.821 bits per heavy atom. The highest BCUT2D eigenvalue weighted by molar-refractivity contribution is 7.96. The highest BCUT2D eigenvalue weighted by atomic mass is 32.2. The Morgan fingerprint density at radius 3 is 1.54 bits per heavy atom. The van der Waals surface area contributed by atoms with E-state index in [1.54, 1.807) is 0 Å². The molecule has 0 aromatic carbocycles. The van der Waals surface area contributed by atoms with Crippen LogP contribution in [0.3, 0.4) is 0 Å². The minimum absolute atomic E-state index is 0.252. The van der Waals surface area contributed by atoms with E-state index < -0.39 is 52.6 Å². The second-order valence-corrected chi connectivity index (χ2v) is 7.30. The quantitative estimate of drug-likeness (QED) is 0.199. The van der Waals surface area contributed by atoms with Crippen molar-refractivity contribution >= 4 is 18.0 Å². The van der Waals surface area contributed by atoms with Gasteiger partial charge < -0.3 is 9.99 Å². The molecule has 28 heavy (non-hydrogen) atoms. The van der Waals surface area contributed by atoms with Crippen molar-refractivity contribution in [3.8, 4) is 0 Å². The lowest BCUT2D eigenvalue weighted by Crippen LogP contribution is -2.84. The van der Waals surface area contributed by atoms with Crippen LogP contribution in [-0.2, 0) is 18.9 Å². The summed E-state index contributed by atoms with van der Waals surface area (Å²) >= 11 is -0.252. The smallest absolute Gasteiger partial charge is 0.384 e. The Morgan fingerprint density at radius 2 is 1.18 bits per heavy atom. The molecule has 1 aliphatic rings. The van der Waals surface area contributed by atoms with Crippen molar-refractivity contribution in [2.24, 2.45) is 0 Å². The zero-order valence-electron chi connectivity index (χ0n) is 13.3. The van der Waals surface area contributed by atoms with Gasteiger partial charge in [-0.05, 0) is 13.8 Å². The van der Waals surface area contributed by atoms with E-state index in [0.717, 1.165) is 13.8 Å². The van der Waals surface area contributed by atoms with Crippen LogP contribution in [0.1, 0.15) is 13.8 Å². The van der Waals surface area contributed by atoms with Gasteiger partial charge in [0.1, 0.15) is 11.4 Å². The van der Waals surface area contributed by atoms with Gasteiger partial charge in [0.25, 0.3) is 5.67 Å². The van der Waals surface area contributed by atoms with E-state index in [1.807, 2.05) is 0 Å². The summed E-state index contributed by atoms with van der Waals surface area (Å²) in [4.78, 5) is 11.6. The number of hydrogen-bond donors (Lipinski definition) is 0. The second-order valence-electron chi connectivity index (χ2n) is 5.98. The summed E-state index contributed by atoms with van der Waals surface area (Å²) in [7, 11) is 0. The van der Waals surface area contributed by atoms with Crippen LogP contribution < -0.4 is 5.26 Å². The topological polar surface area (TPSA) is 67.8 Å². The summed E-state index contributed by atoms with van der Waals surface area (Å²) in [5.41, 5.74) is -6.44. The van der Waals surface area contributed by atoms with Crippen molar-refractivity contribution in [3.63, 3.8) is 0 Å². The fourth-order valence-corrected chi connectivity index (χ4v) is 2.26. The van der Waals surface area contributed by atoms with Crippen molar-refractivity contribution in [1.29, 1.82) is 0 Å². The molecule has 0 aromatic heterocycles. The third-order valence-corrected chi connectivity index (χ3v) is 4.44. The van der Waals surface area contributed by atoms with Gasteiger partial charge in [0.05, 0.1) is 0 Å². The van der Waals surface area contributed by atoms with Gasteiger partial charge in [0.2, 0.25) is 0 Å². The van der Waals surface area contributed by atoms with Crippen LogP contribution >= 0.6 is 12.0 Å². The van der Waals surface area contributed by atoms with Crippen LogP contribution in [0.15, 0.2) is 0 Å². The number of ether oxygens (including phenoxy) is 1. The zero-order chi connectivity index (χ0) is 22.6. The lowest BCUT2D eigenvalue weighted by Gasteiger charge is -2.52. The molecule has 1 saturated carbocycles. The molecule has 166 valence electrons. The van der Waals surface area contributed by atoms with Gasteiger partial charge in [-0.15, -0.1) is 0 Å². The Balaban J connectivity index is 3.37. The molecule has 0 bridgehead atoms. The number of hydrogen-bond acceptors (Lipinski definition) is 6. The molecule has 0 atom stereocenters. The van der Waals surface area contributed by atoms with Crippen LogP contribution in [0.25, 0.3) is 0 Å². The third-order valence-electron chi connectivity index (χ3n) is 3.74. The van der Waals surface area contributed by atoms with E-state index in [2.05, 4.69) is 14.1 Å². The molecule has 17 heteroatoms. The van der Waals surface area contributed by atoms with Crippen molar-refractivity contribution < 1.29 is 72.5 Å². The number of esters is 1. The predicted octanol–water partition coefficient (Wildman–Crippen LogP) is 3.08. The maximum absolute atomic E-state index is 14.3. The normalized spacial score (nSPS) is 26.5. The Hall–Kier alpha value is -1.07. The first-order chi connectivity index (χ1) is 12.2.